The van der Waals surface area contributed by atoms with Crippen molar-refractivity contribution in [2.24, 2.45) is 0 Å². The van der Waals surface area contributed by atoms with Crippen molar-refractivity contribution in [3.8, 4) is 11.4 Å². The molecule has 1 unspecified atom stereocenters. The van der Waals surface area contributed by atoms with Crippen molar-refractivity contribution in [3.63, 3.8) is 0 Å². The van der Waals surface area contributed by atoms with Crippen LogP contribution in [-0.2, 0) is 17.3 Å². The molecule has 1 heterocycles. The number of halogens is 2. The minimum absolute atomic E-state index is 0.0104. The van der Waals surface area contributed by atoms with Crippen molar-refractivity contribution in [2.75, 3.05) is 17.2 Å². The first kappa shape index (κ1) is 14.5. The van der Waals surface area contributed by atoms with E-state index in [2.05, 4.69) is 15.5 Å². The van der Waals surface area contributed by atoms with Crippen LogP contribution in [0.3, 0.4) is 0 Å². The van der Waals surface area contributed by atoms with Crippen LogP contribution in [0, 0.1) is 11.6 Å². The molecule has 6 nitrogen and oxygen atoms in total. The van der Waals surface area contributed by atoms with Gasteiger partial charge in [0.25, 0.3) is 0 Å². The minimum atomic E-state index is -0.985. The number of hydrogen-bond acceptors (Lipinski definition) is 5. The zero-order valence-electron chi connectivity index (χ0n) is 10.7. The first-order chi connectivity index (χ1) is 9.52. The van der Waals surface area contributed by atoms with Gasteiger partial charge < -0.3 is 5.73 Å². The second-order valence-corrected chi connectivity index (χ2v) is 5.88. The summed E-state index contributed by atoms with van der Waals surface area (Å²) < 4.78 is 39.6. The maximum atomic E-state index is 13.8. The summed E-state index contributed by atoms with van der Waals surface area (Å²) in [4.78, 5) is 0. The van der Waals surface area contributed by atoms with Crippen molar-refractivity contribution < 1.29 is 13.0 Å². The smallest absolute Gasteiger partial charge is 0.185 e. The second kappa shape index (κ2) is 6.04. The number of nitrogens with zero attached hydrogens (tertiary/aromatic N) is 4. The van der Waals surface area contributed by atoms with Gasteiger partial charge in [0.1, 0.15) is 11.6 Å². The van der Waals surface area contributed by atoms with Gasteiger partial charge in [-0.05, 0) is 16.5 Å². The first-order valence-electron chi connectivity index (χ1n) is 5.89. The summed E-state index contributed by atoms with van der Waals surface area (Å²) in [6.45, 7) is 2.08. The number of anilines is 1. The van der Waals surface area contributed by atoms with Crippen LogP contribution >= 0.6 is 0 Å². The predicted octanol–water partition coefficient (Wildman–Crippen LogP) is 0.969. The van der Waals surface area contributed by atoms with E-state index in [-0.39, 0.29) is 23.6 Å². The van der Waals surface area contributed by atoms with E-state index in [9.17, 15) is 13.0 Å². The van der Waals surface area contributed by atoms with Crippen LogP contribution in [0.25, 0.3) is 11.4 Å². The van der Waals surface area contributed by atoms with Gasteiger partial charge in [-0.15, -0.1) is 5.10 Å². The van der Waals surface area contributed by atoms with Gasteiger partial charge in [-0.1, -0.05) is 6.92 Å². The van der Waals surface area contributed by atoms with Gasteiger partial charge in [0.2, 0.25) is 0 Å². The fourth-order valence-corrected chi connectivity index (χ4v) is 2.28. The van der Waals surface area contributed by atoms with Gasteiger partial charge in [-0.2, -0.15) is 0 Å². The van der Waals surface area contributed by atoms with Gasteiger partial charge in [0.15, 0.2) is 5.82 Å². The zero-order chi connectivity index (χ0) is 14.7. The Hall–Kier alpha value is -1.90. The summed E-state index contributed by atoms with van der Waals surface area (Å²) in [7, 11) is -0.985. The number of hydrogen-bond donors (Lipinski definition) is 1. The summed E-state index contributed by atoms with van der Waals surface area (Å²) in [6, 6.07) is 1.83. The molecule has 1 aromatic heterocycles. The van der Waals surface area contributed by atoms with Crippen LogP contribution in [0.5, 0.6) is 0 Å². The van der Waals surface area contributed by atoms with Crippen LogP contribution in [0.15, 0.2) is 12.1 Å². The van der Waals surface area contributed by atoms with Crippen molar-refractivity contribution in [3.05, 3.63) is 23.8 Å². The molecule has 0 aliphatic heterocycles. The van der Waals surface area contributed by atoms with Crippen molar-refractivity contribution >= 4 is 16.5 Å². The Morgan fingerprint density at radius 2 is 2.10 bits per heavy atom. The molecule has 0 saturated heterocycles. The molecular weight excluding hydrogens is 288 g/mol. The van der Waals surface area contributed by atoms with Crippen molar-refractivity contribution in [2.45, 2.75) is 13.5 Å². The molecule has 2 rings (SSSR count). The zero-order valence-corrected chi connectivity index (χ0v) is 11.5. The molecule has 2 N–H and O–H groups in total. The molecule has 0 fully saturated rings. The van der Waals surface area contributed by atoms with Gasteiger partial charge in [0.05, 0.1) is 17.8 Å². The summed E-state index contributed by atoms with van der Waals surface area (Å²) in [5.74, 6) is -0.633. The second-order valence-electron chi connectivity index (χ2n) is 4.01. The lowest BCUT2D eigenvalue weighted by Crippen LogP contribution is -2.12. The number of nitrogen functional groups attached to an aromatic ring is 1. The van der Waals surface area contributed by atoms with E-state index in [0.717, 1.165) is 6.07 Å². The molecule has 0 radical (unpaired) electrons. The van der Waals surface area contributed by atoms with Crippen molar-refractivity contribution in [1.82, 2.24) is 20.2 Å². The summed E-state index contributed by atoms with van der Waals surface area (Å²) in [5, 5.41) is 10.9. The molecule has 2 aromatic rings. The van der Waals surface area contributed by atoms with Gasteiger partial charge in [-0.3, -0.25) is 4.21 Å². The quantitative estimate of drug-likeness (QED) is 0.832. The number of benzene rings is 1. The Balaban J connectivity index is 2.32. The molecule has 0 bridgehead atoms. The highest BCUT2D eigenvalue weighted by atomic mass is 32.2. The topological polar surface area (TPSA) is 86.7 Å². The average Bonchev–Trinajstić information content (AvgIpc) is 2.88. The molecule has 1 atom stereocenters. The maximum Gasteiger partial charge on any atom is 0.185 e. The van der Waals surface area contributed by atoms with Crippen LogP contribution < -0.4 is 5.73 Å². The summed E-state index contributed by atoms with van der Waals surface area (Å²) in [6.07, 6.45) is 0. The lowest BCUT2D eigenvalue weighted by molar-refractivity contribution is 0.583. The highest BCUT2D eigenvalue weighted by molar-refractivity contribution is 7.84. The summed E-state index contributed by atoms with van der Waals surface area (Å²) >= 11 is 0. The van der Waals surface area contributed by atoms with E-state index in [0.29, 0.717) is 17.6 Å². The van der Waals surface area contributed by atoms with Crippen LogP contribution in [0.4, 0.5) is 14.5 Å². The fraction of sp³-hybridized carbons (Fsp3) is 0.364. The standard InChI is InChI=1S/C11H13F2N5OS/c1-2-20(19)4-3-18-11(15-16-17-18)7-5-10(14)9(13)6-8(7)12/h5-6H,2-4,14H2,1H3. The third-order valence-corrected chi connectivity index (χ3v) is 3.99. The Bertz CT molecular complexity index is 646. The minimum Gasteiger partial charge on any atom is -0.396 e. The Kier molecular flexibility index (Phi) is 4.38. The van der Waals surface area contributed by atoms with Gasteiger partial charge >= 0.3 is 0 Å². The average molecular weight is 301 g/mol. The predicted molar refractivity (Wildman–Crippen MR) is 71.1 cm³/mol. The third-order valence-electron chi connectivity index (χ3n) is 2.71. The molecule has 9 heteroatoms. The third kappa shape index (κ3) is 2.98. The highest BCUT2D eigenvalue weighted by Gasteiger charge is 2.16. The monoisotopic (exact) mass is 301 g/mol. The maximum absolute atomic E-state index is 13.8. The molecule has 0 aliphatic carbocycles. The molecule has 0 amide bonds. The largest absolute Gasteiger partial charge is 0.396 e. The molecule has 20 heavy (non-hydrogen) atoms. The Labute approximate surface area is 116 Å². The van der Waals surface area contributed by atoms with Crippen molar-refractivity contribution in [1.29, 1.82) is 0 Å². The van der Waals surface area contributed by atoms with E-state index >= 15 is 0 Å². The number of aromatic nitrogens is 4. The lowest BCUT2D eigenvalue weighted by Gasteiger charge is -2.06. The number of aryl methyl sites for hydroxylation is 1. The van der Waals surface area contributed by atoms with Crippen LogP contribution in [0.2, 0.25) is 0 Å². The van der Waals surface area contributed by atoms with Crippen LogP contribution in [0.1, 0.15) is 6.92 Å². The van der Waals surface area contributed by atoms with E-state index in [4.69, 9.17) is 5.73 Å². The Morgan fingerprint density at radius 3 is 2.80 bits per heavy atom. The van der Waals surface area contributed by atoms with Crippen LogP contribution in [-0.4, -0.2) is 35.9 Å². The van der Waals surface area contributed by atoms with E-state index in [1.54, 1.807) is 6.92 Å². The SMILES string of the molecule is CCS(=O)CCn1nnnc1-c1cc(N)c(F)cc1F. The molecular formula is C11H13F2N5OS. The fourth-order valence-electron chi connectivity index (χ4n) is 1.62. The van der Waals surface area contributed by atoms with E-state index in [1.165, 1.54) is 4.68 Å². The molecule has 1 aromatic carbocycles. The van der Waals surface area contributed by atoms with Gasteiger partial charge in [0, 0.05) is 28.4 Å². The molecule has 0 aliphatic rings. The molecule has 0 saturated carbocycles. The first-order valence-corrected chi connectivity index (χ1v) is 7.37. The molecule has 108 valence electrons. The number of rotatable bonds is 5. The Morgan fingerprint density at radius 1 is 1.35 bits per heavy atom. The number of nitrogens with two attached hydrogens (primary N) is 1. The van der Waals surface area contributed by atoms with E-state index in [1.807, 2.05) is 0 Å². The lowest BCUT2D eigenvalue weighted by atomic mass is 10.1. The summed E-state index contributed by atoms with van der Waals surface area (Å²) in [5.41, 5.74) is 5.24. The molecule has 0 spiro atoms. The number of tetrazole rings is 1. The normalized spacial score (nSPS) is 12.6. The highest BCUT2D eigenvalue weighted by Crippen LogP contribution is 2.24. The van der Waals surface area contributed by atoms with Gasteiger partial charge in [-0.25, -0.2) is 13.5 Å². The van der Waals surface area contributed by atoms with E-state index < -0.39 is 22.4 Å².